The van der Waals surface area contributed by atoms with E-state index < -0.39 is 17.9 Å². The van der Waals surface area contributed by atoms with E-state index in [0.29, 0.717) is 10.5 Å². The van der Waals surface area contributed by atoms with E-state index in [1.165, 1.54) is 4.68 Å². The van der Waals surface area contributed by atoms with Crippen LogP contribution in [0, 0.1) is 6.92 Å². The molecule has 2 aromatic rings. The minimum atomic E-state index is -4.70. The number of aromatic nitrogens is 5. The molecule has 0 saturated heterocycles. The maximum absolute atomic E-state index is 12.5. The summed E-state index contributed by atoms with van der Waals surface area (Å²) in [4.78, 5) is 11.8. The molecule has 0 radical (unpaired) electrons. The fourth-order valence-corrected chi connectivity index (χ4v) is 2.26. The van der Waals surface area contributed by atoms with Gasteiger partial charge in [0.15, 0.2) is 0 Å². The Morgan fingerprint density at radius 1 is 1.45 bits per heavy atom. The predicted octanol–water partition coefficient (Wildman–Crippen LogP) is 0.783. The summed E-state index contributed by atoms with van der Waals surface area (Å²) in [5.74, 6) is 3.82. The highest BCUT2D eigenvalue weighted by atomic mass is 32.2. The van der Waals surface area contributed by atoms with Crippen LogP contribution in [0.1, 0.15) is 11.5 Å². The second-order valence-electron chi connectivity index (χ2n) is 4.31. The van der Waals surface area contributed by atoms with Crippen LogP contribution in [-0.2, 0) is 18.0 Å². The Balaban J connectivity index is 1.97. The largest absolute Gasteiger partial charge is 0.453 e. The van der Waals surface area contributed by atoms with E-state index >= 15 is 0 Å². The van der Waals surface area contributed by atoms with Gasteiger partial charge in [0.25, 0.3) is 5.82 Å². The van der Waals surface area contributed by atoms with Gasteiger partial charge in [-0.05, 0) is 6.92 Å². The summed E-state index contributed by atoms with van der Waals surface area (Å²) in [6, 6.07) is 1.66. The number of nitrogens with one attached hydrogen (secondary N) is 1. The molecule has 0 bridgehead atoms. The lowest BCUT2D eigenvalue weighted by atomic mass is 10.4. The molecule has 0 atom stereocenters. The minimum Gasteiger partial charge on any atom is -0.335 e. The van der Waals surface area contributed by atoms with Crippen molar-refractivity contribution < 1.29 is 18.0 Å². The van der Waals surface area contributed by atoms with E-state index in [-0.39, 0.29) is 10.9 Å². The Kier molecular flexibility index (Phi) is 4.30. The smallest absolute Gasteiger partial charge is 0.335 e. The first kappa shape index (κ1) is 16.1. The standard InChI is InChI=1S/C10H12F3N7OS/c1-5-3-6(19(2)18-5)15-7(21)4-22-9-17-16-8(20(9)14)10(11,12)13/h3H,4,14H2,1-2H3,(H,15,21). The van der Waals surface area contributed by atoms with Crippen LogP contribution in [0.5, 0.6) is 0 Å². The third-order valence-corrected chi connectivity index (χ3v) is 3.46. The van der Waals surface area contributed by atoms with Crippen molar-refractivity contribution in [2.75, 3.05) is 16.9 Å². The Hall–Kier alpha value is -2.24. The quantitative estimate of drug-likeness (QED) is 0.632. The van der Waals surface area contributed by atoms with Crippen molar-refractivity contribution in [2.24, 2.45) is 7.05 Å². The van der Waals surface area contributed by atoms with Crippen molar-refractivity contribution in [3.8, 4) is 0 Å². The fourth-order valence-electron chi connectivity index (χ4n) is 1.61. The van der Waals surface area contributed by atoms with Gasteiger partial charge in [-0.25, -0.2) is 4.68 Å². The van der Waals surface area contributed by atoms with Crippen LogP contribution in [0.2, 0.25) is 0 Å². The lowest BCUT2D eigenvalue weighted by Crippen LogP contribution is -2.22. The third kappa shape index (κ3) is 3.50. The number of nitrogens with two attached hydrogens (primary N) is 1. The van der Waals surface area contributed by atoms with E-state index in [9.17, 15) is 18.0 Å². The van der Waals surface area contributed by atoms with Gasteiger partial charge in [0.1, 0.15) is 5.82 Å². The van der Waals surface area contributed by atoms with Gasteiger partial charge < -0.3 is 11.2 Å². The van der Waals surface area contributed by atoms with Gasteiger partial charge in [0, 0.05) is 13.1 Å². The number of halogens is 3. The molecule has 0 fully saturated rings. The highest BCUT2D eigenvalue weighted by Gasteiger charge is 2.38. The van der Waals surface area contributed by atoms with E-state index in [0.717, 1.165) is 17.5 Å². The number of thioether (sulfide) groups is 1. The zero-order valence-electron chi connectivity index (χ0n) is 11.5. The first-order valence-corrected chi connectivity index (χ1v) is 6.88. The molecule has 12 heteroatoms. The maximum Gasteiger partial charge on any atom is 0.453 e. The van der Waals surface area contributed by atoms with Crippen molar-refractivity contribution in [3.63, 3.8) is 0 Å². The Bertz CT molecular complexity index is 693. The summed E-state index contributed by atoms with van der Waals surface area (Å²) in [6.45, 7) is 1.76. The number of hydrogen-bond donors (Lipinski definition) is 2. The molecule has 3 N–H and O–H groups in total. The Labute approximate surface area is 126 Å². The SMILES string of the molecule is Cc1cc(NC(=O)CSc2nnc(C(F)(F)F)n2N)n(C)n1. The molecule has 0 aliphatic heterocycles. The molecule has 0 unspecified atom stereocenters. The van der Waals surface area contributed by atoms with E-state index in [1.807, 2.05) is 0 Å². The maximum atomic E-state index is 12.5. The summed E-state index contributed by atoms with van der Waals surface area (Å²) in [6.07, 6.45) is -4.70. The lowest BCUT2D eigenvalue weighted by molar-refractivity contribution is -0.146. The van der Waals surface area contributed by atoms with Crippen LogP contribution >= 0.6 is 11.8 Å². The molecular weight excluding hydrogens is 323 g/mol. The molecule has 0 saturated carbocycles. The molecule has 0 aromatic carbocycles. The Morgan fingerprint density at radius 2 is 2.14 bits per heavy atom. The number of anilines is 1. The van der Waals surface area contributed by atoms with Crippen LogP contribution in [0.25, 0.3) is 0 Å². The van der Waals surface area contributed by atoms with Gasteiger partial charge >= 0.3 is 6.18 Å². The van der Waals surface area contributed by atoms with Gasteiger partial charge in [0.2, 0.25) is 11.1 Å². The minimum absolute atomic E-state index is 0.169. The molecule has 8 nitrogen and oxygen atoms in total. The van der Waals surface area contributed by atoms with Gasteiger partial charge in [-0.1, -0.05) is 11.8 Å². The summed E-state index contributed by atoms with van der Waals surface area (Å²) < 4.78 is 39.3. The van der Waals surface area contributed by atoms with Crippen LogP contribution in [0.4, 0.5) is 19.0 Å². The van der Waals surface area contributed by atoms with Crippen molar-refractivity contribution in [2.45, 2.75) is 18.3 Å². The summed E-state index contributed by atoms with van der Waals surface area (Å²) in [7, 11) is 1.65. The molecule has 1 amide bonds. The van der Waals surface area contributed by atoms with Gasteiger partial charge in [-0.3, -0.25) is 9.48 Å². The molecule has 120 valence electrons. The lowest BCUT2D eigenvalue weighted by Gasteiger charge is -2.06. The Morgan fingerprint density at radius 3 is 2.64 bits per heavy atom. The number of hydrogen-bond acceptors (Lipinski definition) is 6. The normalized spacial score (nSPS) is 11.7. The van der Waals surface area contributed by atoms with E-state index in [1.54, 1.807) is 20.0 Å². The molecule has 2 heterocycles. The third-order valence-electron chi connectivity index (χ3n) is 2.52. The molecule has 0 aliphatic carbocycles. The molecule has 0 spiro atoms. The molecular formula is C10H12F3N7OS. The topological polar surface area (TPSA) is 104 Å². The number of carbonyl (C=O) groups is 1. The first-order valence-electron chi connectivity index (χ1n) is 5.89. The monoisotopic (exact) mass is 335 g/mol. The van der Waals surface area contributed by atoms with Gasteiger partial charge in [-0.2, -0.15) is 18.3 Å². The molecule has 22 heavy (non-hydrogen) atoms. The molecule has 0 aliphatic rings. The molecule has 2 rings (SSSR count). The van der Waals surface area contributed by atoms with Crippen molar-refractivity contribution >= 4 is 23.5 Å². The zero-order chi connectivity index (χ0) is 16.5. The van der Waals surface area contributed by atoms with E-state index in [2.05, 4.69) is 20.6 Å². The number of nitrogens with zero attached hydrogens (tertiary/aromatic N) is 5. The van der Waals surface area contributed by atoms with Crippen LogP contribution in [-0.4, -0.2) is 36.3 Å². The van der Waals surface area contributed by atoms with Gasteiger partial charge in [0.05, 0.1) is 11.4 Å². The number of nitrogen functional groups attached to an aromatic ring is 1. The second-order valence-corrected chi connectivity index (χ2v) is 5.25. The number of aryl methyl sites for hydroxylation is 2. The summed E-state index contributed by atoms with van der Waals surface area (Å²) >= 11 is 0.747. The van der Waals surface area contributed by atoms with Crippen molar-refractivity contribution in [1.29, 1.82) is 0 Å². The second kappa shape index (κ2) is 5.87. The number of alkyl halides is 3. The van der Waals surface area contributed by atoms with Crippen LogP contribution in [0.15, 0.2) is 11.2 Å². The number of carbonyl (C=O) groups excluding carboxylic acids is 1. The van der Waals surface area contributed by atoms with E-state index in [4.69, 9.17) is 5.84 Å². The predicted molar refractivity (Wildman–Crippen MR) is 72.5 cm³/mol. The molecule has 2 aromatic heterocycles. The average Bonchev–Trinajstić information content (AvgIpc) is 2.90. The van der Waals surface area contributed by atoms with Gasteiger partial charge in [-0.15, -0.1) is 10.2 Å². The van der Waals surface area contributed by atoms with Crippen LogP contribution < -0.4 is 11.2 Å². The zero-order valence-corrected chi connectivity index (χ0v) is 12.4. The average molecular weight is 335 g/mol. The number of rotatable bonds is 4. The van der Waals surface area contributed by atoms with Crippen LogP contribution in [0.3, 0.4) is 0 Å². The van der Waals surface area contributed by atoms with Crippen molar-refractivity contribution in [1.82, 2.24) is 24.7 Å². The highest BCUT2D eigenvalue weighted by molar-refractivity contribution is 7.99. The first-order chi connectivity index (χ1) is 10.2. The fraction of sp³-hybridized carbons (Fsp3) is 0.400. The highest BCUT2D eigenvalue weighted by Crippen LogP contribution is 2.28. The summed E-state index contributed by atoms with van der Waals surface area (Å²) in [5.41, 5.74) is 0.724. The number of amides is 1. The van der Waals surface area contributed by atoms with Crippen molar-refractivity contribution in [3.05, 3.63) is 17.6 Å². The summed E-state index contributed by atoms with van der Waals surface area (Å²) in [5, 5.41) is 12.7.